The molecule has 0 aliphatic carbocycles. The minimum atomic E-state index is -3.49. The maximum atomic E-state index is 12.8. The lowest BCUT2D eigenvalue weighted by Crippen LogP contribution is -2.13. The number of ether oxygens (including phenoxy) is 1. The molecule has 2 aromatic carbocycles. The van der Waals surface area contributed by atoms with Crippen molar-refractivity contribution in [2.45, 2.75) is 11.8 Å². The molecule has 4 aromatic rings. The van der Waals surface area contributed by atoms with E-state index in [0.29, 0.717) is 11.6 Å². The summed E-state index contributed by atoms with van der Waals surface area (Å²) in [5.41, 5.74) is 4.04. The molecule has 0 radical (unpaired) electrons. The number of nitrogens with zero attached hydrogens (tertiary/aromatic N) is 3. The minimum absolute atomic E-state index is 0. The van der Waals surface area contributed by atoms with E-state index < -0.39 is 15.7 Å². The number of pyridine rings is 1. The fraction of sp³-hybridized carbons (Fsp3) is 0.120. The van der Waals surface area contributed by atoms with Crippen LogP contribution in [0.2, 0.25) is 0 Å². The Morgan fingerprint density at radius 3 is 2.60 bits per heavy atom. The highest BCUT2D eigenvalue weighted by Gasteiger charge is 2.17. The molecule has 2 heterocycles. The summed E-state index contributed by atoms with van der Waals surface area (Å²) in [6.07, 6.45) is 6.17. The van der Waals surface area contributed by atoms with Crippen molar-refractivity contribution >= 4 is 33.1 Å². The number of nitrogens with one attached hydrogen (secondary N) is 2. The number of rotatable bonds is 7. The van der Waals surface area contributed by atoms with E-state index in [-0.39, 0.29) is 19.1 Å². The molecule has 182 valence electrons. The van der Waals surface area contributed by atoms with Gasteiger partial charge in [-0.15, -0.1) is 0 Å². The van der Waals surface area contributed by atoms with Crippen LogP contribution in [-0.4, -0.2) is 42.6 Å². The third-order valence-corrected chi connectivity index (χ3v) is 6.32. The van der Waals surface area contributed by atoms with Crippen LogP contribution in [0.1, 0.15) is 18.8 Å². The summed E-state index contributed by atoms with van der Waals surface area (Å²) in [4.78, 5) is 25.8. The van der Waals surface area contributed by atoms with Crippen LogP contribution in [0.3, 0.4) is 0 Å². The predicted molar refractivity (Wildman–Crippen MR) is 138 cm³/mol. The maximum Gasteiger partial charge on any atom is 0.255 e. The Morgan fingerprint density at radius 2 is 1.89 bits per heavy atom. The van der Waals surface area contributed by atoms with Crippen molar-refractivity contribution in [3.63, 3.8) is 0 Å². The van der Waals surface area contributed by atoms with Gasteiger partial charge in [0.15, 0.2) is 9.84 Å². The van der Waals surface area contributed by atoms with Crippen molar-refractivity contribution in [1.29, 1.82) is 0 Å². The van der Waals surface area contributed by atoms with Crippen molar-refractivity contribution in [2.24, 2.45) is 0 Å². The van der Waals surface area contributed by atoms with Gasteiger partial charge in [0.25, 0.3) is 5.91 Å². The summed E-state index contributed by atoms with van der Waals surface area (Å²) in [5, 5.41) is 6.02. The molecule has 0 saturated carbocycles. The second-order valence-corrected chi connectivity index (χ2v) is 9.74. The number of aromatic nitrogens is 3. The summed E-state index contributed by atoms with van der Waals surface area (Å²) in [6, 6.07) is 15.2. The summed E-state index contributed by atoms with van der Waals surface area (Å²) in [7, 11) is -2.13. The average molecular weight is 494 g/mol. The predicted octanol–water partition coefficient (Wildman–Crippen LogP) is 4.75. The molecular weight excluding hydrogens is 466 g/mol. The van der Waals surface area contributed by atoms with Crippen LogP contribution in [0.4, 0.5) is 17.3 Å². The van der Waals surface area contributed by atoms with E-state index in [1.165, 1.54) is 25.3 Å². The number of hydrogen-bond acceptors (Lipinski definition) is 8. The van der Waals surface area contributed by atoms with E-state index in [1.54, 1.807) is 36.8 Å². The van der Waals surface area contributed by atoms with Gasteiger partial charge in [-0.1, -0.05) is 6.07 Å². The average Bonchev–Trinajstić information content (AvgIpc) is 2.86. The molecule has 4 rings (SSSR count). The third-order valence-electron chi connectivity index (χ3n) is 5.18. The Labute approximate surface area is 206 Å². The Balaban J connectivity index is 0.00000241. The van der Waals surface area contributed by atoms with Crippen LogP contribution < -0.4 is 15.4 Å². The topological polar surface area (TPSA) is 123 Å². The van der Waals surface area contributed by atoms with Crippen LogP contribution >= 0.6 is 0 Å². The highest BCUT2D eigenvalue weighted by Crippen LogP contribution is 2.27. The standard InChI is InChI=1S/C25H23N5O4S.2H2/c1-16-6-8-19(28-24(31)17-7-9-23(35(3,32)33)22(13-17)34-2)14-21(16)30-25-27-12-10-20(29-25)18-5-4-11-26-15-18;;/h4-15H,1-3H3,(H,28,31)(H,27,29,30);2*1H. The summed E-state index contributed by atoms with van der Waals surface area (Å²) in [6.45, 7) is 1.92. The Morgan fingerprint density at radius 1 is 1.06 bits per heavy atom. The number of hydrogen-bond donors (Lipinski definition) is 2. The van der Waals surface area contributed by atoms with Crippen molar-refractivity contribution in [3.05, 3.63) is 84.3 Å². The van der Waals surface area contributed by atoms with Gasteiger partial charge < -0.3 is 15.4 Å². The number of benzene rings is 2. The van der Waals surface area contributed by atoms with Crippen LogP contribution in [-0.2, 0) is 9.84 Å². The SMILES string of the molecule is COc1cc(C(=O)Nc2ccc(C)c(Nc3nccc(-c4cccnc4)n3)c2)ccc1S(C)(=O)=O.[HH].[HH]. The molecule has 0 aliphatic rings. The van der Waals surface area contributed by atoms with Gasteiger partial charge in [-0.2, -0.15) is 0 Å². The molecule has 0 saturated heterocycles. The monoisotopic (exact) mass is 493 g/mol. The Bertz CT molecular complexity index is 1500. The number of amides is 1. The summed E-state index contributed by atoms with van der Waals surface area (Å²) in [5.74, 6) is 0.101. The smallest absolute Gasteiger partial charge is 0.255 e. The van der Waals surface area contributed by atoms with Crippen LogP contribution in [0.25, 0.3) is 11.3 Å². The number of anilines is 3. The second kappa shape index (κ2) is 9.90. The van der Waals surface area contributed by atoms with E-state index in [2.05, 4.69) is 25.6 Å². The first-order valence-electron chi connectivity index (χ1n) is 10.5. The molecule has 0 fully saturated rings. The molecule has 9 nitrogen and oxygen atoms in total. The van der Waals surface area contributed by atoms with Gasteiger partial charge in [0, 0.05) is 50.2 Å². The van der Waals surface area contributed by atoms with Gasteiger partial charge in [0.1, 0.15) is 10.6 Å². The number of carbonyl (C=O) groups is 1. The van der Waals surface area contributed by atoms with E-state index in [9.17, 15) is 13.2 Å². The van der Waals surface area contributed by atoms with E-state index in [0.717, 1.165) is 28.8 Å². The fourth-order valence-electron chi connectivity index (χ4n) is 3.37. The molecule has 0 spiro atoms. The highest BCUT2D eigenvalue weighted by atomic mass is 32.2. The lowest BCUT2D eigenvalue weighted by molar-refractivity contribution is 0.102. The maximum absolute atomic E-state index is 12.8. The molecule has 0 atom stereocenters. The van der Waals surface area contributed by atoms with Crippen molar-refractivity contribution < 1.29 is 20.8 Å². The van der Waals surface area contributed by atoms with Crippen molar-refractivity contribution in [3.8, 4) is 17.0 Å². The lowest BCUT2D eigenvalue weighted by atomic mass is 10.1. The van der Waals surface area contributed by atoms with Gasteiger partial charge in [0.2, 0.25) is 5.95 Å². The number of methoxy groups -OCH3 is 1. The van der Waals surface area contributed by atoms with Crippen LogP contribution in [0, 0.1) is 6.92 Å². The summed E-state index contributed by atoms with van der Waals surface area (Å²) >= 11 is 0. The van der Waals surface area contributed by atoms with E-state index in [1.807, 2.05) is 25.1 Å². The largest absolute Gasteiger partial charge is 0.495 e. The first kappa shape index (κ1) is 23.8. The third kappa shape index (κ3) is 5.61. The zero-order chi connectivity index (χ0) is 25.0. The zero-order valence-corrected chi connectivity index (χ0v) is 20.1. The van der Waals surface area contributed by atoms with Crippen LogP contribution in [0.5, 0.6) is 5.75 Å². The number of carbonyl (C=O) groups excluding carboxylic acids is 1. The Kier molecular flexibility index (Phi) is 6.74. The van der Waals surface area contributed by atoms with Gasteiger partial charge in [-0.05, 0) is 61.0 Å². The van der Waals surface area contributed by atoms with Crippen molar-refractivity contribution in [2.75, 3.05) is 24.0 Å². The highest BCUT2D eigenvalue weighted by molar-refractivity contribution is 7.90. The number of sulfone groups is 1. The van der Waals surface area contributed by atoms with Gasteiger partial charge >= 0.3 is 0 Å². The molecule has 2 N–H and O–H groups in total. The molecular formula is C25H27N5O4S. The fourth-order valence-corrected chi connectivity index (χ4v) is 4.19. The molecule has 35 heavy (non-hydrogen) atoms. The van der Waals surface area contributed by atoms with Crippen LogP contribution in [0.15, 0.2) is 78.1 Å². The van der Waals surface area contributed by atoms with Gasteiger partial charge in [-0.25, -0.2) is 18.4 Å². The summed E-state index contributed by atoms with van der Waals surface area (Å²) < 4.78 is 29.0. The lowest BCUT2D eigenvalue weighted by Gasteiger charge is -2.13. The quantitative estimate of drug-likeness (QED) is 0.378. The molecule has 2 aromatic heterocycles. The molecule has 0 unspecified atom stereocenters. The molecule has 1 amide bonds. The molecule has 10 heteroatoms. The molecule has 0 bridgehead atoms. The zero-order valence-electron chi connectivity index (χ0n) is 19.3. The normalized spacial score (nSPS) is 11.1. The Hall–Kier alpha value is -4.31. The van der Waals surface area contributed by atoms with Gasteiger partial charge in [-0.3, -0.25) is 9.78 Å². The van der Waals surface area contributed by atoms with Crippen molar-refractivity contribution in [1.82, 2.24) is 15.0 Å². The second-order valence-electron chi connectivity index (χ2n) is 7.75. The first-order chi connectivity index (χ1) is 16.7. The van der Waals surface area contributed by atoms with E-state index >= 15 is 0 Å². The van der Waals surface area contributed by atoms with Gasteiger partial charge in [0.05, 0.1) is 12.8 Å². The number of aryl methyl sites for hydroxylation is 1. The first-order valence-corrected chi connectivity index (χ1v) is 12.4. The minimum Gasteiger partial charge on any atom is -0.495 e. The van der Waals surface area contributed by atoms with E-state index in [4.69, 9.17) is 4.74 Å². The molecule has 0 aliphatic heterocycles.